The second-order valence-corrected chi connectivity index (χ2v) is 4.28. The average molecular weight is 266 g/mol. The van der Waals surface area contributed by atoms with E-state index in [0.29, 0.717) is 16.9 Å². The molecule has 15 heavy (non-hydrogen) atoms. The van der Waals surface area contributed by atoms with Crippen molar-refractivity contribution in [3.63, 3.8) is 0 Å². The van der Waals surface area contributed by atoms with Crippen molar-refractivity contribution in [2.45, 2.75) is 6.92 Å². The monoisotopic (exact) mass is 265 g/mol. The maximum absolute atomic E-state index is 11.6. The molecule has 0 atom stereocenters. The summed E-state index contributed by atoms with van der Waals surface area (Å²) in [7, 11) is 0. The van der Waals surface area contributed by atoms with E-state index in [1.54, 1.807) is 25.1 Å². The molecular formula is C11H8BrNO2. The van der Waals surface area contributed by atoms with Crippen molar-refractivity contribution in [3.8, 4) is 0 Å². The summed E-state index contributed by atoms with van der Waals surface area (Å²) in [6.45, 7) is 5.38. The van der Waals surface area contributed by atoms with Gasteiger partial charge < -0.3 is 0 Å². The number of carbonyl (C=O) groups excluding carboxylic acids is 2. The van der Waals surface area contributed by atoms with Gasteiger partial charge in [0, 0.05) is 10.2 Å². The van der Waals surface area contributed by atoms with Gasteiger partial charge in [0.1, 0.15) is 0 Å². The van der Waals surface area contributed by atoms with Crippen molar-refractivity contribution in [1.82, 2.24) is 0 Å². The molecule has 1 aromatic rings. The topological polar surface area (TPSA) is 37.4 Å². The van der Waals surface area contributed by atoms with E-state index in [2.05, 4.69) is 22.5 Å². The number of halogens is 1. The molecule has 0 aliphatic carbocycles. The van der Waals surface area contributed by atoms with Crippen molar-refractivity contribution in [3.05, 3.63) is 40.5 Å². The lowest BCUT2D eigenvalue weighted by Crippen LogP contribution is -2.27. The van der Waals surface area contributed by atoms with Gasteiger partial charge in [0.15, 0.2) is 0 Å². The van der Waals surface area contributed by atoms with Gasteiger partial charge in [-0.2, -0.15) is 0 Å². The third-order valence-electron chi connectivity index (χ3n) is 2.22. The van der Waals surface area contributed by atoms with Crippen LogP contribution in [0.15, 0.2) is 34.9 Å². The van der Waals surface area contributed by atoms with Crippen LogP contribution in [0.5, 0.6) is 0 Å². The van der Waals surface area contributed by atoms with Crippen molar-refractivity contribution >= 4 is 33.3 Å². The molecule has 0 bridgehead atoms. The summed E-state index contributed by atoms with van der Waals surface area (Å²) in [5, 5.41) is 0. The van der Waals surface area contributed by atoms with Crippen LogP contribution in [0.4, 0.5) is 5.69 Å². The molecule has 1 aromatic carbocycles. The number of hydrogen-bond acceptors (Lipinski definition) is 2. The first-order chi connectivity index (χ1) is 7.02. The Balaban J connectivity index is 2.66. The molecule has 1 heterocycles. The molecule has 0 fully saturated rings. The number of allylic oxidation sites excluding steroid dienone is 1. The molecule has 0 saturated carbocycles. The maximum Gasteiger partial charge on any atom is 0.303 e. The van der Waals surface area contributed by atoms with Crippen LogP contribution in [0.3, 0.4) is 0 Å². The van der Waals surface area contributed by atoms with Gasteiger partial charge in [0.05, 0.1) is 11.3 Å². The Bertz CT molecular complexity index is 493. The third-order valence-corrected chi connectivity index (χ3v) is 2.72. The zero-order valence-corrected chi connectivity index (χ0v) is 9.67. The summed E-state index contributed by atoms with van der Waals surface area (Å²) in [6, 6.07) is 5.18. The molecule has 4 heteroatoms. The van der Waals surface area contributed by atoms with Gasteiger partial charge >= 0.3 is 5.91 Å². The van der Waals surface area contributed by atoms with Crippen molar-refractivity contribution in [2.75, 3.05) is 4.90 Å². The number of anilines is 1. The maximum atomic E-state index is 11.6. The minimum absolute atomic E-state index is 0.428. The Morgan fingerprint density at radius 1 is 1.40 bits per heavy atom. The first kappa shape index (κ1) is 10.1. The number of ketones is 1. The van der Waals surface area contributed by atoms with E-state index >= 15 is 0 Å². The normalized spacial score (nSPS) is 14.4. The summed E-state index contributed by atoms with van der Waals surface area (Å²) in [4.78, 5) is 24.6. The van der Waals surface area contributed by atoms with Crippen LogP contribution in [0, 0.1) is 0 Å². The molecule has 0 saturated heterocycles. The van der Waals surface area contributed by atoms with Crippen LogP contribution in [0.25, 0.3) is 0 Å². The van der Waals surface area contributed by atoms with Crippen LogP contribution >= 0.6 is 15.9 Å². The third kappa shape index (κ3) is 1.41. The van der Waals surface area contributed by atoms with Gasteiger partial charge in [-0.05, 0) is 25.1 Å². The fourth-order valence-electron chi connectivity index (χ4n) is 1.59. The molecule has 0 radical (unpaired) electrons. The number of Topliss-reactive ketones (excluding diaryl/α,β-unsaturated/α-hetero) is 1. The van der Waals surface area contributed by atoms with Crippen LogP contribution in [0.2, 0.25) is 0 Å². The standard InChI is InChI=1S/C11H8BrNO2/c1-6(2)13-9-4-3-7(12)5-8(9)10(14)11(13)15/h3-5H,1H2,2H3. The fourth-order valence-corrected chi connectivity index (χ4v) is 1.95. The Labute approximate surface area is 95.5 Å². The molecule has 0 spiro atoms. The highest BCUT2D eigenvalue weighted by molar-refractivity contribution is 9.10. The van der Waals surface area contributed by atoms with Gasteiger partial charge in [-0.15, -0.1) is 0 Å². The zero-order valence-electron chi connectivity index (χ0n) is 8.08. The largest absolute Gasteiger partial charge is 0.303 e. The second kappa shape index (κ2) is 3.31. The summed E-state index contributed by atoms with van der Waals surface area (Å²) in [5.41, 5.74) is 1.59. The molecule has 0 N–H and O–H groups in total. The van der Waals surface area contributed by atoms with Crippen LogP contribution < -0.4 is 4.90 Å². The fraction of sp³-hybridized carbons (Fsp3) is 0.0909. The summed E-state index contributed by atoms with van der Waals surface area (Å²) >= 11 is 3.26. The van der Waals surface area contributed by atoms with Gasteiger partial charge in [-0.1, -0.05) is 22.5 Å². The summed E-state index contributed by atoms with van der Waals surface area (Å²) < 4.78 is 0.783. The lowest BCUT2D eigenvalue weighted by molar-refractivity contribution is -0.113. The van der Waals surface area contributed by atoms with E-state index in [4.69, 9.17) is 0 Å². The lowest BCUT2D eigenvalue weighted by atomic mass is 10.1. The Morgan fingerprint density at radius 3 is 2.67 bits per heavy atom. The van der Waals surface area contributed by atoms with E-state index in [-0.39, 0.29) is 0 Å². The number of hydrogen-bond donors (Lipinski definition) is 0. The van der Waals surface area contributed by atoms with Crippen molar-refractivity contribution < 1.29 is 9.59 Å². The molecule has 1 aliphatic rings. The molecule has 1 aliphatic heterocycles. The number of carbonyl (C=O) groups is 2. The highest BCUT2D eigenvalue weighted by Crippen LogP contribution is 2.33. The SMILES string of the molecule is C=C(C)N1C(=O)C(=O)c2cc(Br)ccc21. The van der Waals surface area contributed by atoms with E-state index in [1.807, 2.05) is 0 Å². The summed E-state index contributed by atoms with van der Waals surface area (Å²) in [5.74, 6) is -1.01. The number of benzene rings is 1. The molecular weight excluding hydrogens is 258 g/mol. The van der Waals surface area contributed by atoms with Crippen LogP contribution in [-0.4, -0.2) is 11.7 Å². The quantitative estimate of drug-likeness (QED) is 0.732. The number of rotatable bonds is 1. The number of nitrogens with zero attached hydrogens (tertiary/aromatic N) is 1. The van der Waals surface area contributed by atoms with Gasteiger partial charge in [-0.3, -0.25) is 14.5 Å². The molecule has 0 aromatic heterocycles. The Hall–Kier alpha value is -1.42. The molecule has 1 amide bonds. The van der Waals surface area contributed by atoms with E-state index < -0.39 is 11.7 Å². The molecule has 2 rings (SSSR count). The predicted molar refractivity (Wildman–Crippen MR) is 60.8 cm³/mol. The molecule has 3 nitrogen and oxygen atoms in total. The lowest BCUT2D eigenvalue weighted by Gasteiger charge is -2.15. The molecule has 76 valence electrons. The Kier molecular flexibility index (Phi) is 2.23. The van der Waals surface area contributed by atoms with E-state index in [0.717, 1.165) is 4.47 Å². The van der Waals surface area contributed by atoms with Crippen molar-refractivity contribution in [1.29, 1.82) is 0 Å². The molecule has 0 unspecified atom stereocenters. The predicted octanol–water partition coefficient (Wildman–Crippen LogP) is 2.51. The van der Waals surface area contributed by atoms with Gasteiger partial charge in [0.2, 0.25) is 0 Å². The van der Waals surface area contributed by atoms with E-state index in [1.165, 1.54) is 4.90 Å². The van der Waals surface area contributed by atoms with Crippen LogP contribution in [-0.2, 0) is 4.79 Å². The second-order valence-electron chi connectivity index (χ2n) is 3.37. The summed E-state index contributed by atoms with van der Waals surface area (Å²) in [6.07, 6.45) is 0. The van der Waals surface area contributed by atoms with Gasteiger partial charge in [-0.25, -0.2) is 0 Å². The number of amides is 1. The average Bonchev–Trinajstić information content (AvgIpc) is 2.41. The smallest absolute Gasteiger partial charge is 0.283 e. The zero-order chi connectivity index (χ0) is 11.2. The van der Waals surface area contributed by atoms with Crippen molar-refractivity contribution in [2.24, 2.45) is 0 Å². The minimum atomic E-state index is -0.532. The minimum Gasteiger partial charge on any atom is -0.283 e. The first-order valence-corrected chi connectivity index (χ1v) is 5.15. The Morgan fingerprint density at radius 2 is 2.07 bits per heavy atom. The number of fused-ring (bicyclic) bond motifs is 1. The van der Waals surface area contributed by atoms with E-state index in [9.17, 15) is 9.59 Å². The van der Waals surface area contributed by atoms with Crippen LogP contribution in [0.1, 0.15) is 17.3 Å². The highest BCUT2D eigenvalue weighted by Gasteiger charge is 2.36. The highest BCUT2D eigenvalue weighted by atomic mass is 79.9. The first-order valence-electron chi connectivity index (χ1n) is 4.36. The van der Waals surface area contributed by atoms with Gasteiger partial charge in [0.25, 0.3) is 5.78 Å².